The smallest absolute Gasteiger partial charge is 0.243 e. The van der Waals surface area contributed by atoms with Crippen molar-refractivity contribution < 1.29 is 13.2 Å². The molecule has 1 saturated heterocycles. The number of nitrogens with zero attached hydrogens (tertiary/aromatic N) is 2. The molecule has 1 amide bonds. The van der Waals surface area contributed by atoms with E-state index in [1.165, 1.54) is 16.4 Å². The van der Waals surface area contributed by atoms with E-state index in [0.29, 0.717) is 31.2 Å². The van der Waals surface area contributed by atoms with Gasteiger partial charge in [0.15, 0.2) is 0 Å². The molecule has 1 aliphatic heterocycles. The third-order valence-corrected chi connectivity index (χ3v) is 6.31. The van der Waals surface area contributed by atoms with Crippen molar-refractivity contribution in [2.75, 3.05) is 26.2 Å². The molecule has 0 radical (unpaired) electrons. The minimum atomic E-state index is -3.53. The van der Waals surface area contributed by atoms with Gasteiger partial charge in [-0.1, -0.05) is 11.6 Å². The minimum absolute atomic E-state index is 0.0403. The highest BCUT2D eigenvalue weighted by Gasteiger charge is 2.32. The van der Waals surface area contributed by atoms with Crippen molar-refractivity contribution in [3.63, 3.8) is 0 Å². The zero-order valence-corrected chi connectivity index (χ0v) is 16.7. The van der Waals surface area contributed by atoms with Gasteiger partial charge in [0, 0.05) is 36.7 Å². The first-order valence-electron chi connectivity index (χ1n) is 8.32. The molecule has 1 N–H and O–H groups in total. The number of sulfonamides is 1. The first-order valence-corrected chi connectivity index (χ1v) is 10.1. The second-order valence-corrected chi connectivity index (χ2v) is 9.68. The summed E-state index contributed by atoms with van der Waals surface area (Å²) in [4.78, 5) is 14.5. The van der Waals surface area contributed by atoms with E-state index in [-0.39, 0.29) is 22.4 Å². The van der Waals surface area contributed by atoms with Gasteiger partial charge in [0.1, 0.15) is 0 Å². The first-order chi connectivity index (χ1) is 11.5. The summed E-state index contributed by atoms with van der Waals surface area (Å²) in [5.74, 6) is -0.0403. The molecule has 8 heteroatoms. The van der Waals surface area contributed by atoms with E-state index in [2.05, 4.69) is 5.32 Å². The van der Waals surface area contributed by atoms with Crippen LogP contribution in [0.25, 0.3) is 0 Å². The Bertz CT molecular complexity index is 706. The molecule has 1 aromatic carbocycles. The van der Waals surface area contributed by atoms with E-state index in [4.69, 9.17) is 11.6 Å². The molecule has 1 atom stereocenters. The summed E-state index contributed by atoms with van der Waals surface area (Å²) in [7, 11) is -3.53. The average Bonchev–Trinajstić information content (AvgIpc) is 2.53. The number of hydrogen-bond donors (Lipinski definition) is 1. The van der Waals surface area contributed by atoms with Gasteiger partial charge in [0.05, 0.1) is 10.9 Å². The van der Waals surface area contributed by atoms with Gasteiger partial charge in [-0.05, 0) is 52.0 Å². The highest BCUT2D eigenvalue weighted by Crippen LogP contribution is 2.20. The van der Waals surface area contributed by atoms with Crippen LogP contribution in [-0.2, 0) is 14.8 Å². The SMILES string of the molecule is CC(C(=O)NC(C)(C)C)N1CCN(S(=O)(=O)c2ccc(Cl)cc2)CC1. The van der Waals surface area contributed by atoms with E-state index >= 15 is 0 Å². The molecule has 1 aromatic rings. The Morgan fingerprint density at radius 1 is 1.12 bits per heavy atom. The number of benzene rings is 1. The van der Waals surface area contributed by atoms with Crippen molar-refractivity contribution in [3.8, 4) is 0 Å². The van der Waals surface area contributed by atoms with Crippen LogP contribution in [0.5, 0.6) is 0 Å². The second kappa shape index (κ2) is 7.61. The van der Waals surface area contributed by atoms with E-state index in [0.717, 1.165) is 0 Å². The number of piperazine rings is 1. The molecule has 0 aromatic heterocycles. The predicted octanol–water partition coefficient (Wildman–Crippen LogP) is 1.95. The Balaban J connectivity index is 1.99. The summed E-state index contributed by atoms with van der Waals surface area (Å²) in [5, 5.41) is 3.47. The third-order valence-electron chi connectivity index (χ3n) is 4.15. The summed E-state index contributed by atoms with van der Waals surface area (Å²) in [6, 6.07) is 5.89. The second-order valence-electron chi connectivity index (χ2n) is 7.31. The quantitative estimate of drug-likeness (QED) is 0.857. The average molecular weight is 388 g/mol. The van der Waals surface area contributed by atoms with Crippen LogP contribution in [-0.4, -0.2) is 61.3 Å². The maximum absolute atomic E-state index is 12.7. The topological polar surface area (TPSA) is 69.7 Å². The maximum Gasteiger partial charge on any atom is 0.243 e. The van der Waals surface area contributed by atoms with E-state index in [1.807, 2.05) is 32.6 Å². The van der Waals surface area contributed by atoms with Crippen molar-refractivity contribution >= 4 is 27.5 Å². The maximum atomic E-state index is 12.7. The number of carbonyl (C=O) groups is 1. The molecule has 0 saturated carbocycles. The highest BCUT2D eigenvalue weighted by atomic mass is 35.5. The van der Waals surface area contributed by atoms with Gasteiger partial charge in [0.25, 0.3) is 0 Å². The molecule has 1 unspecified atom stereocenters. The van der Waals surface area contributed by atoms with Gasteiger partial charge >= 0.3 is 0 Å². The van der Waals surface area contributed by atoms with Gasteiger partial charge < -0.3 is 5.32 Å². The lowest BCUT2D eigenvalue weighted by atomic mass is 10.1. The molecule has 0 bridgehead atoms. The summed E-state index contributed by atoms with van der Waals surface area (Å²) in [6.45, 7) is 9.43. The van der Waals surface area contributed by atoms with Crippen LogP contribution in [0.4, 0.5) is 0 Å². The van der Waals surface area contributed by atoms with Crippen molar-refractivity contribution in [3.05, 3.63) is 29.3 Å². The third kappa shape index (κ3) is 5.17. The van der Waals surface area contributed by atoms with E-state index in [9.17, 15) is 13.2 Å². The highest BCUT2D eigenvalue weighted by molar-refractivity contribution is 7.89. The minimum Gasteiger partial charge on any atom is -0.350 e. The lowest BCUT2D eigenvalue weighted by Gasteiger charge is -2.37. The van der Waals surface area contributed by atoms with Gasteiger partial charge in [-0.2, -0.15) is 4.31 Å². The summed E-state index contributed by atoms with van der Waals surface area (Å²) < 4.78 is 26.8. The number of carbonyl (C=O) groups excluding carboxylic acids is 1. The van der Waals surface area contributed by atoms with Crippen LogP contribution in [0, 0.1) is 0 Å². The zero-order chi connectivity index (χ0) is 18.8. The molecule has 2 rings (SSSR count). The Kier molecular flexibility index (Phi) is 6.14. The van der Waals surface area contributed by atoms with Crippen molar-refractivity contribution in [2.24, 2.45) is 0 Å². The predicted molar refractivity (Wildman–Crippen MR) is 99.1 cm³/mol. The number of hydrogen-bond acceptors (Lipinski definition) is 4. The Morgan fingerprint density at radius 3 is 2.12 bits per heavy atom. The van der Waals surface area contributed by atoms with Gasteiger partial charge in [-0.15, -0.1) is 0 Å². The lowest BCUT2D eigenvalue weighted by Crippen LogP contribution is -2.56. The van der Waals surface area contributed by atoms with E-state index < -0.39 is 10.0 Å². The normalized spacial score (nSPS) is 18.8. The molecule has 1 fully saturated rings. The number of halogens is 1. The molecule has 1 aliphatic rings. The molecule has 25 heavy (non-hydrogen) atoms. The number of nitrogens with one attached hydrogen (secondary N) is 1. The van der Waals surface area contributed by atoms with Gasteiger partial charge in [0.2, 0.25) is 15.9 Å². The molecule has 0 aliphatic carbocycles. The largest absolute Gasteiger partial charge is 0.350 e. The van der Waals surface area contributed by atoms with Gasteiger partial charge in [-0.25, -0.2) is 8.42 Å². The Labute approximate surface area is 155 Å². The molecular formula is C17H26ClN3O3S. The number of rotatable bonds is 4. The zero-order valence-electron chi connectivity index (χ0n) is 15.1. The molecular weight excluding hydrogens is 362 g/mol. The van der Waals surface area contributed by atoms with Crippen LogP contribution in [0.1, 0.15) is 27.7 Å². The van der Waals surface area contributed by atoms with Gasteiger partial charge in [-0.3, -0.25) is 9.69 Å². The van der Waals surface area contributed by atoms with Crippen molar-refractivity contribution in [2.45, 2.75) is 44.2 Å². The van der Waals surface area contributed by atoms with Crippen molar-refractivity contribution in [1.82, 2.24) is 14.5 Å². The summed E-state index contributed by atoms with van der Waals surface area (Å²) in [6.07, 6.45) is 0. The van der Waals surface area contributed by atoms with Crippen molar-refractivity contribution in [1.29, 1.82) is 0 Å². The summed E-state index contributed by atoms with van der Waals surface area (Å²) in [5.41, 5.74) is -0.287. The van der Waals surface area contributed by atoms with Crippen LogP contribution < -0.4 is 5.32 Å². The first kappa shape index (κ1) is 20.2. The fourth-order valence-corrected chi connectivity index (χ4v) is 4.27. The summed E-state index contributed by atoms with van der Waals surface area (Å²) >= 11 is 5.82. The monoisotopic (exact) mass is 387 g/mol. The fraction of sp³-hybridized carbons (Fsp3) is 0.588. The van der Waals surface area contributed by atoms with Crippen LogP contribution >= 0.6 is 11.6 Å². The molecule has 140 valence electrons. The standard InChI is InChI=1S/C17H26ClN3O3S/c1-13(16(22)19-17(2,3)4)20-9-11-21(12-10-20)25(23,24)15-7-5-14(18)6-8-15/h5-8,13H,9-12H2,1-4H3,(H,19,22). The van der Waals surface area contributed by atoms with Crippen LogP contribution in [0.2, 0.25) is 5.02 Å². The Morgan fingerprint density at radius 2 is 1.64 bits per heavy atom. The van der Waals surface area contributed by atoms with E-state index in [1.54, 1.807) is 12.1 Å². The lowest BCUT2D eigenvalue weighted by molar-refractivity contribution is -0.127. The number of amides is 1. The van der Waals surface area contributed by atoms with Crippen LogP contribution in [0.3, 0.4) is 0 Å². The molecule has 6 nitrogen and oxygen atoms in total. The van der Waals surface area contributed by atoms with Crippen LogP contribution in [0.15, 0.2) is 29.2 Å². The fourth-order valence-electron chi connectivity index (χ4n) is 2.73. The molecule has 1 heterocycles. The molecule has 0 spiro atoms. The Hall–Kier alpha value is -1.15.